The van der Waals surface area contributed by atoms with Gasteiger partial charge in [-0.2, -0.15) is 0 Å². The second kappa shape index (κ2) is 10.4. The summed E-state index contributed by atoms with van der Waals surface area (Å²) in [7, 11) is 1.59. The summed E-state index contributed by atoms with van der Waals surface area (Å²) < 4.78 is 17.5. The number of Topliss-reactive ketones (excluding diaryl/α,β-unsaturated/α-hetero) is 1. The van der Waals surface area contributed by atoms with Crippen LogP contribution in [-0.2, 0) is 9.53 Å². The SMILES string of the molecule is CCCOc1cccc(C2C(C(=O)c3cc4cc(Br)ccc4o3)=C(O)C(=O)N2CCCOC)c1. The van der Waals surface area contributed by atoms with E-state index in [-0.39, 0.29) is 11.3 Å². The van der Waals surface area contributed by atoms with Gasteiger partial charge in [-0.15, -0.1) is 0 Å². The smallest absolute Gasteiger partial charge is 0.290 e. The summed E-state index contributed by atoms with van der Waals surface area (Å²) >= 11 is 3.42. The molecule has 7 nitrogen and oxygen atoms in total. The molecule has 0 saturated carbocycles. The van der Waals surface area contributed by atoms with Crippen molar-refractivity contribution >= 4 is 38.6 Å². The molecule has 0 fully saturated rings. The van der Waals surface area contributed by atoms with Crippen LogP contribution in [0.15, 0.2) is 68.8 Å². The van der Waals surface area contributed by atoms with Crippen LogP contribution in [-0.4, -0.2) is 48.6 Å². The third-order valence-electron chi connectivity index (χ3n) is 5.64. The van der Waals surface area contributed by atoms with E-state index in [2.05, 4.69) is 15.9 Å². The Balaban J connectivity index is 1.75. The van der Waals surface area contributed by atoms with Crippen molar-refractivity contribution < 1.29 is 28.6 Å². The summed E-state index contributed by atoms with van der Waals surface area (Å²) in [5.74, 6) is -0.991. The summed E-state index contributed by atoms with van der Waals surface area (Å²) in [6, 6.07) is 13.5. The molecule has 0 radical (unpaired) electrons. The van der Waals surface area contributed by atoms with Crippen LogP contribution in [0.1, 0.15) is 41.9 Å². The highest BCUT2D eigenvalue weighted by atomic mass is 79.9. The predicted octanol–water partition coefficient (Wildman–Crippen LogP) is 5.60. The molecule has 1 amide bonds. The average Bonchev–Trinajstić information content (AvgIpc) is 3.36. The van der Waals surface area contributed by atoms with E-state index in [1.165, 1.54) is 4.90 Å². The quantitative estimate of drug-likeness (QED) is 0.272. The zero-order chi connectivity index (χ0) is 24.2. The molecule has 8 heteroatoms. The molecule has 3 aromatic rings. The summed E-state index contributed by atoms with van der Waals surface area (Å²) in [6.07, 6.45) is 1.40. The van der Waals surface area contributed by atoms with Gasteiger partial charge in [-0.25, -0.2) is 0 Å². The number of aliphatic hydroxyl groups is 1. The van der Waals surface area contributed by atoms with Crippen LogP contribution in [0.25, 0.3) is 11.0 Å². The van der Waals surface area contributed by atoms with Crippen LogP contribution < -0.4 is 4.74 Å². The molecule has 1 aliphatic heterocycles. The lowest BCUT2D eigenvalue weighted by Gasteiger charge is -2.27. The molecule has 0 aliphatic carbocycles. The van der Waals surface area contributed by atoms with E-state index in [9.17, 15) is 14.7 Å². The van der Waals surface area contributed by atoms with E-state index in [1.807, 2.05) is 37.3 Å². The first-order chi connectivity index (χ1) is 16.4. The van der Waals surface area contributed by atoms with Gasteiger partial charge in [0.05, 0.1) is 18.2 Å². The average molecular weight is 528 g/mol. The predicted molar refractivity (Wildman–Crippen MR) is 131 cm³/mol. The molecule has 0 spiro atoms. The number of rotatable bonds is 10. The van der Waals surface area contributed by atoms with Gasteiger partial charge in [-0.3, -0.25) is 9.59 Å². The van der Waals surface area contributed by atoms with E-state index in [4.69, 9.17) is 13.9 Å². The fraction of sp³-hybridized carbons (Fsp3) is 0.308. The Labute approximate surface area is 206 Å². The van der Waals surface area contributed by atoms with Crippen molar-refractivity contribution in [3.63, 3.8) is 0 Å². The lowest BCUT2D eigenvalue weighted by atomic mass is 9.94. The highest BCUT2D eigenvalue weighted by molar-refractivity contribution is 9.10. The molecule has 0 saturated heterocycles. The largest absolute Gasteiger partial charge is 0.503 e. The highest BCUT2D eigenvalue weighted by Gasteiger charge is 2.44. The van der Waals surface area contributed by atoms with Gasteiger partial charge in [0, 0.05) is 30.1 Å². The Bertz CT molecular complexity index is 1250. The molecule has 178 valence electrons. The van der Waals surface area contributed by atoms with Gasteiger partial charge < -0.3 is 23.9 Å². The number of methoxy groups -OCH3 is 1. The molecular formula is C26H26BrNO6. The Hall–Kier alpha value is -3.10. The first-order valence-electron chi connectivity index (χ1n) is 11.1. The van der Waals surface area contributed by atoms with Gasteiger partial charge in [-0.1, -0.05) is 35.0 Å². The topological polar surface area (TPSA) is 89.2 Å². The molecule has 4 rings (SSSR count). The van der Waals surface area contributed by atoms with Crippen LogP contribution in [0.4, 0.5) is 0 Å². The van der Waals surface area contributed by atoms with Crippen molar-refractivity contribution in [2.45, 2.75) is 25.8 Å². The number of aliphatic hydroxyl groups excluding tert-OH is 1. The van der Waals surface area contributed by atoms with Crippen LogP contribution in [0.3, 0.4) is 0 Å². The standard InChI is InChI=1S/C26H26BrNO6/c1-3-11-33-19-7-4-6-16(14-19)23-22(25(30)26(31)28(23)10-5-12-32-2)24(29)21-15-17-13-18(27)8-9-20(17)34-21/h4,6-9,13-15,23,30H,3,5,10-12H2,1-2H3. The van der Waals surface area contributed by atoms with Gasteiger partial charge in [-0.05, 0) is 54.8 Å². The van der Waals surface area contributed by atoms with Crippen LogP contribution >= 0.6 is 15.9 Å². The zero-order valence-corrected chi connectivity index (χ0v) is 20.6. The number of ether oxygens (including phenoxy) is 2. The fourth-order valence-corrected chi connectivity index (χ4v) is 4.47. The maximum Gasteiger partial charge on any atom is 0.290 e. The molecule has 2 aromatic carbocycles. The van der Waals surface area contributed by atoms with Gasteiger partial charge >= 0.3 is 0 Å². The van der Waals surface area contributed by atoms with Crippen LogP contribution in [0.2, 0.25) is 0 Å². The van der Waals surface area contributed by atoms with Crippen LogP contribution in [0.5, 0.6) is 5.75 Å². The highest BCUT2D eigenvalue weighted by Crippen LogP contribution is 2.40. The number of carbonyl (C=O) groups excluding carboxylic acids is 2. The van der Waals surface area contributed by atoms with Crippen molar-refractivity contribution in [2.24, 2.45) is 0 Å². The Kier molecular flexibility index (Phi) is 7.38. The van der Waals surface area contributed by atoms with Crippen molar-refractivity contribution in [1.82, 2.24) is 4.90 Å². The first-order valence-corrected chi connectivity index (χ1v) is 11.9. The Morgan fingerprint density at radius 2 is 2.00 bits per heavy atom. The zero-order valence-electron chi connectivity index (χ0n) is 19.0. The van der Waals surface area contributed by atoms with E-state index < -0.39 is 23.5 Å². The van der Waals surface area contributed by atoms with E-state index in [0.29, 0.717) is 43.1 Å². The second-order valence-electron chi connectivity index (χ2n) is 8.05. The van der Waals surface area contributed by atoms with Crippen molar-refractivity contribution in [3.8, 4) is 5.75 Å². The minimum absolute atomic E-state index is 0.00631. The molecule has 1 N–H and O–H groups in total. The minimum Gasteiger partial charge on any atom is -0.503 e. The number of carbonyl (C=O) groups is 2. The lowest BCUT2D eigenvalue weighted by molar-refractivity contribution is -0.129. The molecular weight excluding hydrogens is 502 g/mol. The number of amides is 1. The maximum absolute atomic E-state index is 13.6. The van der Waals surface area contributed by atoms with Gasteiger partial charge in [0.25, 0.3) is 5.91 Å². The number of fused-ring (bicyclic) bond motifs is 1. The Morgan fingerprint density at radius 1 is 1.18 bits per heavy atom. The molecule has 34 heavy (non-hydrogen) atoms. The van der Waals surface area contributed by atoms with E-state index >= 15 is 0 Å². The molecule has 1 unspecified atom stereocenters. The van der Waals surface area contributed by atoms with E-state index in [1.54, 1.807) is 25.3 Å². The number of ketones is 1. The van der Waals surface area contributed by atoms with Crippen LogP contribution in [0, 0.1) is 0 Å². The van der Waals surface area contributed by atoms with Gasteiger partial charge in [0.15, 0.2) is 11.5 Å². The van der Waals surface area contributed by atoms with Crippen molar-refractivity contribution in [1.29, 1.82) is 0 Å². The first kappa shape index (κ1) is 24.0. The summed E-state index contributed by atoms with van der Waals surface area (Å²) in [5, 5.41) is 11.6. The minimum atomic E-state index is -0.776. The normalized spacial score (nSPS) is 16.0. The third kappa shape index (κ3) is 4.74. The maximum atomic E-state index is 13.6. The third-order valence-corrected chi connectivity index (χ3v) is 6.14. The number of hydrogen-bond acceptors (Lipinski definition) is 6. The molecule has 1 atom stereocenters. The number of benzene rings is 2. The van der Waals surface area contributed by atoms with Gasteiger partial charge in [0.2, 0.25) is 5.78 Å². The van der Waals surface area contributed by atoms with Crippen molar-refractivity contribution in [2.75, 3.05) is 26.9 Å². The molecule has 0 bridgehead atoms. The molecule has 1 aliphatic rings. The summed E-state index contributed by atoms with van der Waals surface area (Å²) in [5.41, 5.74) is 1.21. The number of nitrogens with zero attached hydrogens (tertiary/aromatic N) is 1. The molecule has 2 heterocycles. The second-order valence-corrected chi connectivity index (χ2v) is 8.97. The van der Waals surface area contributed by atoms with E-state index in [0.717, 1.165) is 16.3 Å². The number of halogens is 1. The van der Waals surface area contributed by atoms with Crippen molar-refractivity contribution in [3.05, 3.63) is 75.7 Å². The van der Waals surface area contributed by atoms with Gasteiger partial charge in [0.1, 0.15) is 11.3 Å². The monoisotopic (exact) mass is 527 g/mol. The fourth-order valence-electron chi connectivity index (χ4n) is 4.10. The Morgan fingerprint density at radius 3 is 2.76 bits per heavy atom. The summed E-state index contributed by atoms with van der Waals surface area (Å²) in [4.78, 5) is 28.2. The molecule has 1 aromatic heterocycles. The number of furan rings is 1. The number of hydrogen-bond donors (Lipinski definition) is 1. The lowest BCUT2D eigenvalue weighted by Crippen LogP contribution is -2.32. The summed E-state index contributed by atoms with van der Waals surface area (Å²) in [6.45, 7) is 3.32.